The number of hydrogen-bond donors (Lipinski definition) is 1. The summed E-state index contributed by atoms with van der Waals surface area (Å²) in [6, 6.07) is 5.17. The van der Waals surface area contributed by atoms with Crippen LogP contribution >= 0.6 is 10.7 Å². The highest BCUT2D eigenvalue weighted by Crippen LogP contribution is 2.15. The number of aromatic amines is 1. The first-order chi connectivity index (χ1) is 7.39. The SMILES string of the molecule is Cc1ccc2[nH]cc(S(=O)(=O)Cl)c(=O)c2c1. The van der Waals surface area contributed by atoms with Crippen LogP contribution in [0.1, 0.15) is 5.56 Å². The topological polar surface area (TPSA) is 67.0 Å². The number of H-pyrrole nitrogens is 1. The molecule has 0 aliphatic carbocycles. The summed E-state index contributed by atoms with van der Waals surface area (Å²) in [5, 5.41) is 0.321. The minimum atomic E-state index is -4.01. The summed E-state index contributed by atoms with van der Waals surface area (Å²) in [5.41, 5.74) is 0.884. The summed E-state index contributed by atoms with van der Waals surface area (Å²) in [5.74, 6) is 0. The van der Waals surface area contributed by atoms with E-state index in [1.165, 1.54) is 0 Å². The Labute approximate surface area is 96.3 Å². The molecule has 0 unspecified atom stereocenters. The number of hydrogen-bond acceptors (Lipinski definition) is 3. The summed E-state index contributed by atoms with van der Waals surface area (Å²) in [4.78, 5) is 14.2. The molecule has 0 radical (unpaired) electrons. The fourth-order valence-corrected chi connectivity index (χ4v) is 2.37. The van der Waals surface area contributed by atoms with Gasteiger partial charge in [0.25, 0.3) is 9.05 Å². The van der Waals surface area contributed by atoms with Gasteiger partial charge in [-0.25, -0.2) is 8.42 Å². The van der Waals surface area contributed by atoms with Gasteiger partial charge >= 0.3 is 0 Å². The Hall–Kier alpha value is -1.33. The van der Waals surface area contributed by atoms with Crippen molar-refractivity contribution in [2.75, 3.05) is 0 Å². The highest BCUT2D eigenvalue weighted by Gasteiger charge is 2.16. The molecule has 2 aromatic rings. The molecule has 0 fully saturated rings. The summed E-state index contributed by atoms with van der Waals surface area (Å²) in [7, 11) is 1.15. The molecule has 0 saturated carbocycles. The lowest BCUT2D eigenvalue weighted by molar-refractivity contribution is 0.609. The van der Waals surface area contributed by atoms with E-state index in [2.05, 4.69) is 4.98 Å². The zero-order valence-corrected chi connectivity index (χ0v) is 9.89. The Kier molecular flexibility index (Phi) is 2.52. The maximum Gasteiger partial charge on any atom is 0.266 e. The van der Waals surface area contributed by atoms with Crippen molar-refractivity contribution in [1.82, 2.24) is 4.98 Å². The molecule has 0 atom stereocenters. The number of halogens is 1. The zero-order valence-electron chi connectivity index (χ0n) is 8.32. The highest BCUT2D eigenvalue weighted by atomic mass is 35.7. The highest BCUT2D eigenvalue weighted by molar-refractivity contribution is 8.13. The van der Waals surface area contributed by atoms with Crippen LogP contribution in [0, 0.1) is 6.92 Å². The molecule has 16 heavy (non-hydrogen) atoms. The molecule has 1 heterocycles. The number of fused-ring (bicyclic) bond motifs is 1. The number of aromatic nitrogens is 1. The first kappa shape index (κ1) is 11.2. The summed E-state index contributed by atoms with van der Waals surface area (Å²) >= 11 is 0. The third-order valence-corrected chi connectivity index (χ3v) is 3.59. The molecular formula is C10H8ClNO3S. The summed E-state index contributed by atoms with van der Waals surface area (Å²) in [6.45, 7) is 1.82. The average molecular weight is 258 g/mol. The molecule has 1 N–H and O–H groups in total. The Balaban J connectivity index is 2.95. The monoisotopic (exact) mass is 257 g/mol. The van der Waals surface area contributed by atoms with Gasteiger partial charge in [0, 0.05) is 27.8 Å². The minimum Gasteiger partial charge on any atom is -0.360 e. The van der Waals surface area contributed by atoms with Gasteiger partial charge in [0.1, 0.15) is 4.90 Å². The number of benzene rings is 1. The summed E-state index contributed by atoms with van der Waals surface area (Å²) < 4.78 is 22.3. The molecule has 0 aliphatic heterocycles. The molecule has 0 bridgehead atoms. The van der Waals surface area contributed by atoms with Crippen molar-refractivity contribution in [1.29, 1.82) is 0 Å². The maximum atomic E-state index is 11.8. The quantitative estimate of drug-likeness (QED) is 0.792. The van der Waals surface area contributed by atoms with Crippen LogP contribution in [0.3, 0.4) is 0 Å². The van der Waals surface area contributed by atoms with Crippen LogP contribution in [0.25, 0.3) is 10.9 Å². The number of rotatable bonds is 1. The minimum absolute atomic E-state index is 0.321. The van der Waals surface area contributed by atoms with Crippen molar-refractivity contribution in [2.24, 2.45) is 0 Å². The second-order valence-corrected chi connectivity index (χ2v) is 6.00. The molecule has 0 spiro atoms. The standard InChI is InChI=1S/C10H8ClNO3S/c1-6-2-3-8-7(4-6)10(13)9(5-12-8)16(11,14)15/h2-5H,1H3,(H,12,13). The van der Waals surface area contributed by atoms with Crippen LogP contribution in [0.2, 0.25) is 0 Å². The van der Waals surface area contributed by atoms with Crippen LogP contribution < -0.4 is 5.43 Å². The normalized spacial score (nSPS) is 11.9. The van der Waals surface area contributed by atoms with Crippen LogP contribution in [-0.4, -0.2) is 13.4 Å². The molecule has 1 aromatic heterocycles. The van der Waals surface area contributed by atoms with Gasteiger partial charge in [-0.2, -0.15) is 0 Å². The van der Waals surface area contributed by atoms with Crippen molar-refractivity contribution in [3.63, 3.8) is 0 Å². The van der Waals surface area contributed by atoms with E-state index in [0.717, 1.165) is 11.8 Å². The van der Waals surface area contributed by atoms with E-state index in [4.69, 9.17) is 10.7 Å². The van der Waals surface area contributed by atoms with E-state index in [1.54, 1.807) is 12.1 Å². The molecule has 84 valence electrons. The second-order valence-electron chi connectivity index (χ2n) is 3.47. The fourth-order valence-electron chi connectivity index (χ4n) is 1.49. The van der Waals surface area contributed by atoms with Gasteiger partial charge in [-0.3, -0.25) is 4.79 Å². The van der Waals surface area contributed by atoms with E-state index >= 15 is 0 Å². The van der Waals surface area contributed by atoms with Crippen LogP contribution in [-0.2, 0) is 9.05 Å². The van der Waals surface area contributed by atoms with Crippen LogP contribution in [0.4, 0.5) is 0 Å². The maximum absolute atomic E-state index is 11.8. The fraction of sp³-hybridized carbons (Fsp3) is 0.100. The molecule has 4 nitrogen and oxygen atoms in total. The van der Waals surface area contributed by atoms with E-state index in [-0.39, 0.29) is 0 Å². The van der Waals surface area contributed by atoms with Crippen molar-refractivity contribution < 1.29 is 8.42 Å². The van der Waals surface area contributed by atoms with Crippen LogP contribution in [0.5, 0.6) is 0 Å². The zero-order chi connectivity index (χ0) is 11.9. The lowest BCUT2D eigenvalue weighted by Crippen LogP contribution is -2.12. The van der Waals surface area contributed by atoms with Crippen LogP contribution in [0.15, 0.2) is 34.1 Å². The molecule has 0 amide bonds. The van der Waals surface area contributed by atoms with Gasteiger partial charge in [-0.1, -0.05) is 11.6 Å². The Morgan fingerprint density at radius 2 is 2.00 bits per heavy atom. The van der Waals surface area contributed by atoms with Gasteiger partial charge in [0.2, 0.25) is 5.43 Å². The predicted molar refractivity (Wildman–Crippen MR) is 62.3 cm³/mol. The van der Waals surface area contributed by atoms with Crippen molar-refractivity contribution in [3.05, 3.63) is 40.2 Å². The molecule has 1 aromatic carbocycles. The van der Waals surface area contributed by atoms with E-state index in [9.17, 15) is 13.2 Å². The van der Waals surface area contributed by atoms with Gasteiger partial charge in [0.15, 0.2) is 0 Å². The third kappa shape index (κ3) is 1.83. The van der Waals surface area contributed by atoms with Gasteiger partial charge in [-0.15, -0.1) is 0 Å². The Bertz CT molecular complexity index is 718. The molecule has 0 aliphatic rings. The van der Waals surface area contributed by atoms with Crippen molar-refractivity contribution >= 4 is 30.6 Å². The second kappa shape index (κ2) is 3.61. The number of aryl methyl sites for hydroxylation is 1. The Morgan fingerprint density at radius 3 is 2.62 bits per heavy atom. The number of nitrogens with one attached hydrogen (secondary N) is 1. The number of pyridine rings is 1. The largest absolute Gasteiger partial charge is 0.360 e. The molecule has 0 saturated heterocycles. The van der Waals surface area contributed by atoms with E-state index in [1.807, 2.05) is 13.0 Å². The van der Waals surface area contributed by atoms with Gasteiger partial charge in [0.05, 0.1) is 0 Å². The predicted octanol–water partition coefficient (Wildman–Crippen LogP) is 1.76. The lowest BCUT2D eigenvalue weighted by atomic mass is 10.1. The summed E-state index contributed by atoms with van der Waals surface area (Å²) in [6.07, 6.45) is 1.11. The van der Waals surface area contributed by atoms with E-state index in [0.29, 0.717) is 10.9 Å². The Morgan fingerprint density at radius 1 is 1.31 bits per heavy atom. The van der Waals surface area contributed by atoms with Gasteiger partial charge in [-0.05, 0) is 19.1 Å². The molecular weight excluding hydrogens is 250 g/mol. The molecule has 2 rings (SSSR count). The van der Waals surface area contributed by atoms with Crippen molar-refractivity contribution in [2.45, 2.75) is 11.8 Å². The van der Waals surface area contributed by atoms with Gasteiger partial charge < -0.3 is 4.98 Å². The first-order valence-electron chi connectivity index (χ1n) is 4.46. The van der Waals surface area contributed by atoms with E-state index < -0.39 is 19.4 Å². The average Bonchev–Trinajstić information content (AvgIpc) is 2.17. The third-order valence-electron chi connectivity index (χ3n) is 2.26. The smallest absolute Gasteiger partial charge is 0.266 e. The first-order valence-corrected chi connectivity index (χ1v) is 6.77. The van der Waals surface area contributed by atoms with Crippen molar-refractivity contribution in [3.8, 4) is 0 Å². The molecule has 6 heteroatoms. The lowest BCUT2D eigenvalue weighted by Gasteiger charge is -2.01.